The van der Waals surface area contributed by atoms with Crippen LogP contribution in [0.4, 0.5) is 8.78 Å². The zero-order chi connectivity index (χ0) is 18.9. The van der Waals surface area contributed by atoms with Gasteiger partial charge in [-0.1, -0.05) is 24.8 Å². The number of allylic oxidation sites excluding steroid dienone is 1. The summed E-state index contributed by atoms with van der Waals surface area (Å²) in [4.78, 5) is 4.26. The van der Waals surface area contributed by atoms with Crippen molar-refractivity contribution in [2.75, 3.05) is 6.61 Å². The molecule has 0 saturated carbocycles. The largest absolute Gasteiger partial charge is 0.486 e. The predicted molar refractivity (Wildman–Crippen MR) is 99.8 cm³/mol. The average molecular weight is 359 g/mol. The zero-order valence-corrected chi connectivity index (χ0v) is 14.8. The first-order chi connectivity index (χ1) is 12.5. The molecule has 0 fully saturated rings. The summed E-state index contributed by atoms with van der Waals surface area (Å²) in [5, 5.41) is 9.20. The number of halogens is 2. The van der Waals surface area contributed by atoms with Gasteiger partial charge in [0, 0.05) is 17.3 Å². The Bertz CT molecular complexity index is 755. The molecule has 1 heterocycles. The third-order valence-electron chi connectivity index (χ3n) is 3.78. The maximum atomic E-state index is 14.3. The number of hydrogen-bond donors (Lipinski definition) is 1. The third-order valence-corrected chi connectivity index (χ3v) is 3.78. The van der Waals surface area contributed by atoms with Crippen LogP contribution < -0.4 is 4.74 Å². The Morgan fingerprint density at radius 2 is 2.04 bits per heavy atom. The van der Waals surface area contributed by atoms with E-state index in [1.165, 1.54) is 24.4 Å². The van der Waals surface area contributed by atoms with Gasteiger partial charge in [0.05, 0.1) is 11.8 Å². The lowest BCUT2D eigenvalue weighted by Crippen LogP contribution is -1.99. The molecule has 0 aliphatic rings. The number of rotatable bonds is 9. The number of hydrogen-bond acceptors (Lipinski definition) is 3. The molecule has 3 nitrogen and oxygen atoms in total. The first-order valence-corrected chi connectivity index (χ1v) is 8.55. The van der Waals surface area contributed by atoms with Gasteiger partial charge in [0.2, 0.25) is 5.82 Å². The van der Waals surface area contributed by atoms with Gasteiger partial charge in [0.1, 0.15) is 6.61 Å². The monoisotopic (exact) mass is 359 g/mol. The second-order valence-corrected chi connectivity index (χ2v) is 5.99. The minimum atomic E-state index is -1.02. The van der Waals surface area contributed by atoms with Gasteiger partial charge in [-0.2, -0.15) is 4.39 Å². The molecule has 0 radical (unpaired) electrons. The number of aliphatic hydroxyl groups is 1. The SMILES string of the molecule is C=CCOc1ccc(-c2ccc(/C=C/CCCC(C)O)nc2)c(F)c1F. The highest BCUT2D eigenvalue weighted by molar-refractivity contribution is 5.65. The van der Waals surface area contributed by atoms with Crippen LogP contribution in [0.15, 0.2) is 49.2 Å². The van der Waals surface area contributed by atoms with Crippen molar-refractivity contribution in [3.63, 3.8) is 0 Å². The Hall–Kier alpha value is -2.53. The van der Waals surface area contributed by atoms with Gasteiger partial charge in [0.25, 0.3) is 0 Å². The molecule has 0 saturated heterocycles. The van der Waals surface area contributed by atoms with Crippen LogP contribution in [0.2, 0.25) is 0 Å². The number of nitrogens with zero attached hydrogens (tertiary/aromatic N) is 1. The molecule has 0 aliphatic heterocycles. The van der Waals surface area contributed by atoms with E-state index in [2.05, 4.69) is 11.6 Å². The molecular weight excluding hydrogens is 336 g/mol. The topological polar surface area (TPSA) is 42.4 Å². The molecule has 0 bridgehead atoms. The molecule has 1 unspecified atom stereocenters. The van der Waals surface area contributed by atoms with Crippen molar-refractivity contribution < 1.29 is 18.6 Å². The van der Waals surface area contributed by atoms with Crippen LogP contribution in [0.3, 0.4) is 0 Å². The second-order valence-electron chi connectivity index (χ2n) is 5.99. The predicted octanol–water partition coefficient (Wildman–Crippen LogP) is 5.16. The van der Waals surface area contributed by atoms with Crippen molar-refractivity contribution in [2.45, 2.75) is 32.3 Å². The van der Waals surface area contributed by atoms with E-state index in [1.54, 1.807) is 19.1 Å². The maximum Gasteiger partial charge on any atom is 0.201 e. The van der Waals surface area contributed by atoms with Crippen LogP contribution in [-0.2, 0) is 0 Å². The van der Waals surface area contributed by atoms with Gasteiger partial charge >= 0.3 is 0 Å². The van der Waals surface area contributed by atoms with Gasteiger partial charge in [-0.05, 0) is 50.5 Å². The first kappa shape index (κ1) is 19.8. The standard InChI is InChI=1S/C21H23F2NO2/c1-3-13-26-19-12-11-18(20(22)21(19)23)16-9-10-17(24-14-16)8-6-4-5-7-15(2)25/h3,6,8-12,14-15,25H,1,4-5,7,13H2,2H3/b8-6+. The molecule has 0 aliphatic carbocycles. The second kappa shape index (κ2) is 9.82. The Morgan fingerprint density at radius 1 is 1.23 bits per heavy atom. The number of unbranched alkanes of at least 4 members (excludes halogenated alkanes) is 1. The summed E-state index contributed by atoms with van der Waals surface area (Å²) in [5.41, 5.74) is 1.36. The van der Waals surface area contributed by atoms with Crippen LogP contribution in [0.25, 0.3) is 17.2 Å². The maximum absolute atomic E-state index is 14.3. The lowest BCUT2D eigenvalue weighted by Gasteiger charge is -2.09. The molecule has 1 N–H and O–H groups in total. The molecule has 138 valence electrons. The smallest absolute Gasteiger partial charge is 0.201 e. The lowest BCUT2D eigenvalue weighted by molar-refractivity contribution is 0.182. The van der Waals surface area contributed by atoms with E-state index < -0.39 is 11.6 Å². The fourth-order valence-electron chi connectivity index (χ4n) is 2.41. The number of aromatic nitrogens is 1. The minimum absolute atomic E-state index is 0.107. The number of pyridine rings is 1. The average Bonchev–Trinajstić information content (AvgIpc) is 2.63. The highest BCUT2D eigenvalue weighted by Gasteiger charge is 2.15. The van der Waals surface area contributed by atoms with E-state index in [0.29, 0.717) is 5.56 Å². The van der Waals surface area contributed by atoms with Gasteiger partial charge in [-0.25, -0.2) is 4.39 Å². The van der Waals surface area contributed by atoms with Crippen LogP contribution in [0, 0.1) is 11.6 Å². The first-order valence-electron chi connectivity index (χ1n) is 8.55. The molecular formula is C21H23F2NO2. The van der Waals surface area contributed by atoms with Crippen molar-refractivity contribution in [2.24, 2.45) is 0 Å². The molecule has 2 aromatic rings. The Balaban J connectivity index is 2.07. The molecule has 1 atom stereocenters. The molecule has 5 heteroatoms. The fraction of sp³-hybridized carbons (Fsp3) is 0.286. The highest BCUT2D eigenvalue weighted by atomic mass is 19.2. The Kier molecular flexibility index (Phi) is 7.48. The Morgan fingerprint density at radius 3 is 2.69 bits per heavy atom. The summed E-state index contributed by atoms with van der Waals surface area (Å²) < 4.78 is 33.4. The molecule has 1 aromatic carbocycles. The number of aliphatic hydroxyl groups excluding tert-OH is 1. The summed E-state index contributed by atoms with van der Waals surface area (Å²) in [6.45, 7) is 5.35. The van der Waals surface area contributed by atoms with Gasteiger partial charge in [-0.15, -0.1) is 0 Å². The molecule has 1 aromatic heterocycles. The van der Waals surface area contributed by atoms with Gasteiger partial charge in [-0.3, -0.25) is 4.98 Å². The van der Waals surface area contributed by atoms with Crippen molar-refractivity contribution >= 4 is 6.08 Å². The van der Waals surface area contributed by atoms with Crippen molar-refractivity contribution in [1.29, 1.82) is 0 Å². The van der Waals surface area contributed by atoms with E-state index in [1.807, 2.05) is 12.2 Å². The van der Waals surface area contributed by atoms with Crippen LogP contribution in [0.5, 0.6) is 5.75 Å². The molecule has 0 amide bonds. The van der Waals surface area contributed by atoms with Crippen molar-refractivity contribution in [3.8, 4) is 16.9 Å². The van der Waals surface area contributed by atoms with Gasteiger partial charge < -0.3 is 9.84 Å². The van der Waals surface area contributed by atoms with E-state index >= 15 is 0 Å². The summed E-state index contributed by atoms with van der Waals surface area (Å²) in [7, 11) is 0. The van der Waals surface area contributed by atoms with Crippen molar-refractivity contribution in [1.82, 2.24) is 4.98 Å². The molecule has 0 spiro atoms. The normalized spacial score (nSPS) is 12.3. The summed E-state index contributed by atoms with van der Waals surface area (Å²) in [6, 6.07) is 6.32. The summed E-state index contributed by atoms with van der Waals surface area (Å²) >= 11 is 0. The molecule has 2 rings (SSSR count). The van der Waals surface area contributed by atoms with Crippen molar-refractivity contribution in [3.05, 3.63) is 66.5 Å². The van der Waals surface area contributed by atoms with Gasteiger partial charge in [0.15, 0.2) is 11.6 Å². The van der Waals surface area contributed by atoms with E-state index in [9.17, 15) is 13.9 Å². The van der Waals surface area contributed by atoms with Crippen LogP contribution in [0.1, 0.15) is 31.9 Å². The summed E-state index contributed by atoms with van der Waals surface area (Å²) in [6.07, 6.45) is 9.05. The zero-order valence-electron chi connectivity index (χ0n) is 14.8. The minimum Gasteiger partial charge on any atom is -0.486 e. The quantitative estimate of drug-likeness (QED) is 0.497. The lowest BCUT2D eigenvalue weighted by atomic mass is 10.1. The number of benzene rings is 1. The highest BCUT2D eigenvalue weighted by Crippen LogP contribution is 2.29. The van der Waals surface area contributed by atoms with E-state index in [4.69, 9.17) is 4.74 Å². The van der Waals surface area contributed by atoms with E-state index in [0.717, 1.165) is 25.0 Å². The van der Waals surface area contributed by atoms with Crippen LogP contribution in [-0.4, -0.2) is 22.8 Å². The number of ether oxygens (including phenoxy) is 1. The molecule has 26 heavy (non-hydrogen) atoms. The van der Waals surface area contributed by atoms with E-state index in [-0.39, 0.29) is 24.0 Å². The summed E-state index contributed by atoms with van der Waals surface area (Å²) in [5.74, 6) is -2.13. The van der Waals surface area contributed by atoms with Crippen LogP contribution >= 0.6 is 0 Å². The Labute approximate surface area is 152 Å². The third kappa shape index (κ3) is 5.49. The fourth-order valence-corrected chi connectivity index (χ4v) is 2.41.